The smallest absolute Gasteiger partial charge is 0.271 e. The van der Waals surface area contributed by atoms with Crippen molar-refractivity contribution in [3.05, 3.63) is 17.8 Å². The fourth-order valence-electron chi connectivity index (χ4n) is 2.43. The summed E-state index contributed by atoms with van der Waals surface area (Å²) in [5.41, 5.74) is 0.366. The van der Waals surface area contributed by atoms with E-state index in [1.807, 2.05) is 17.8 Å². The second kappa shape index (κ2) is 7.47. The second-order valence-electron chi connectivity index (χ2n) is 4.88. The first-order chi connectivity index (χ1) is 9.74. The molecule has 2 rings (SSSR count). The van der Waals surface area contributed by atoms with Gasteiger partial charge in [0.25, 0.3) is 5.91 Å². The maximum absolute atomic E-state index is 11.5. The number of rotatable bonds is 4. The lowest BCUT2D eigenvalue weighted by Crippen LogP contribution is -2.31. The highest BCUT2D eigenvalue weighted by atomic mass is 32.2. The molecule has 1 aliphatic heterocycles. The lowest BCUT2D eigenvalue weighted by atomic mass is 10.2. The predicted octanol–water partition coefficient (Wildman–Crippen LogP) is 1.95. The lowest BCUT2D eigenvalue weighted by Gasteiger charge is -2.24. The molecule has 1 aliphatic rings. The Labute approximate surface area is 124 Å². The molecule has 5 nitrogen and oxygen atoms in total. The van der Waals surface area contributed by atoms with E-state index in [-0.39, 0.29) is 5.91 Å². The molecule has 1 saturated heterocycles. The van der Waals surface area contributed by atoms with Crippen molar-refractivity contribution in [1.82, 2.24) is 15.5 Å². The molecule has 1 aromatic heterocycles. The van der Waals surface area contributed by atoms with E-state index >= 15 is 0 Å². The maximum Gasteiger partial charge on any atom is 0.271 e. The van der Waals surface area contributed by atoms with Gasteiger partial charge in [0.2, 0.25) is 0 Å². The summed E-state index contributed by atoms with van der Waals surface area (Å²) in [5.74, 6) is 1.83. The number of carbonyl (C=O) groups is 1. The number of hydrogen-bond donors (Lipinski definition) is 1. The Morgan fingerprint density at radius 2 is 2.30 bits per heavy atom. The summed E-state index contributed by atoms with van der Waals surface area (Å²) in [6, 6.07) is 3.64. The van der Waals surface area contributed by atoms with E-state index < -0.39 is 0 Å². The maximum atomic E-state index is 11.5. The predicted molar refractivity (Wildman–Crippen MR) is 83.4 cm³/mol. The SMILES string of the molecule is CCSC1CCCCN(c2ccc(C(=O)NC)nn2)C1. The highest BCUT2D eigenvalue weighted by molar-refractivity contribution is 7.99. The standard InChI is InChI=1S/C14H22N4OS/c1-3-20-11-6-4-5-9-18(10-11)13-8-7-12(16-17-13)14(19)15-2/h7-8,11H,3-6,9-10H2,1-2H3,(H,15,19). The van der Waals surface area contributed by atoms with Crippen LogP contribution in [0, 0.1) is 0 Å². The second-order valence-corrected chi connectivity index (χ2v) is 6.45. The molecule has 0 aliphatic carbocycles. The fraction of sp³-hybridized carbons (Fsp3) is 0.643. The van der Waals surface area contributed by atoms with Gasteiger partial charge in [0.05, 0.1) is 0 Å². The number of nitrogens with zero attached hydrogens (tertiary/aromatic N) is 3. The minimum atomic E-state index is -0.195. The van der Waals surface area contributed by atoms with Gasteiger partial charge in [-0.2, -0.15) is 11.8 Å². The van der Waals surface area contributed by atoms with Crippen LogP contribution < -0.4 is 10.2 Å². The molecular weight excluding hydrogens is 272 g/mol. The van der Waals surface area contributed by atoms with E-state index in [0.717, 1.165) is 24.7 Å². The zero-order valence-electron chi connectivity index (χ0n) is 12.1. The van der Waals surface area contributed by atoms with Crippen LogP contribution in [0.4, 0.5) is 5.82 Å². The lowest BCUT2D eigenvalue weighted by molar-refractivity contribution is 0.0957. The van der Waals surface area contributed by atoms with Crippen molar-refractivity contribution >= 4 is 23.5 Å². The Balaban J connectivity index is 2.07. The number of anilines is 1. The van der Waals surface area contributed by atoms with Gasteiger partial charge in [-0.25, -0.2) is 0 Å². The Hall–Kier alpha value is -1.30. The van der Waals surface area contributed by atoms with Gasteiger partial charge in [-0.3, -0.25) is 4.79 Å². The molecule has 0 bridgehead atoms. The van der Waals surface area contributed by atoms with Gasteiger partial charge in [-0.15, -0.1) is 10.2 Å². The summed E-state index contributed by atoms with van der Waals surface area (Å²) in [5, 5.41) is 11.5. The third-order valence-electron chi connectivity index (χ3n) is 3.46. The normalized spacial score (nSPS) is 19.5. The molecule has 1 unspecified atom stereocenters. The molecule has 20 heavy (non-hydrogen) atoms. The summed E-state index contributed by atoms with van der Waals surface area (Å²) >= 11 is 2.02. The Morgan fingerprint density at radius 3 is 2.95 bits per heavy atom. The first-order valence-corrected chi connectivity index (χ1v) is 8.21. The van der Waals surface area contributed by atoms with Crippen LogP contribution in [-0.4, -0.2) is 47.2 Å². The van der Waals surface area contributed by atoms with Crippen LogP contribution in [0.15, 0.2) is 12.1 Å². The van der Waals surface area contributed by atoms with Crippen LogP contribution in [0.1, 0.15) is 36.7 Å². The summed E-state index contributed by atoms with van der Waals surface area (Å²) in [4.78, 5) is 13.8. The van der Waals surface area contributed by atoms with Gasteiger partial charge in [-0.1, -0.05) is 13.3 Å². The molecule has 6 heteroatoms. The minimum absolute atomic E-state index is 0.195. The number of aromatic nitrogens is 2. The molecule has 1 aromatic rings. The number of carbonyl (C=O) groups excluding carboxylic acids is 1. The molecule has 1 N–H and O–H groups in total. The first-order valence-electron chi connectivity index (χ1n) is 7.17. The largest absolute Gasteiger partial charge is 0.354 e. The van der Waals surface area contributed by atoms with E-state index in [1.165, 1.54) is 19.3 Å². The monoisotopic (exact) mass is 294 g/mol. The summed E-state index contributed by atoms with van der Waals surface area (Å²) in [6.45, 7) is 4.25. The van der Waals surface area contributed by atoms with E-state index in [2.05, 4.69) is 27.3 Å². The van der Waals surface area contributed by atoms with Crippen molar-refractivity contribution in [2.75, 3.05) is 30.8 Å². The average Bonchev–Trinajstić information content (AvgIpc) is 2.73. The quantitative estimate of drug-likeness (QED) is 0.920. The van der Waals surface area contributed by atoms with E-state index in [4.69, 9.17) is 0 Å². The van der Waals surface area contributed by atoms with Crippen molar-refractivity contribution in [3.8, 4) is 0 Å². The zero-order chi connectivity index (χ0) is 14.4. The van der Waals surface area contributed by atoms with Gasteiger partial charge in [0.15, 0.2) is 11.5 Å². The van der Waals surface area contributed by atoms with Crippen LogP contribution in [0.5, 0.6) is 0 Å². The Bertz CT molecular complexity index is 437. The number of hydrogen-bond acceptors (Lipinski definition) is 5. The van der Waals surface area contributed by atoms with Crippen LogP contribution in [0.25, 0.3) is 0 Å². The molecule has 0 aromatic carbocycles. The molecule has 0 spiro atoms. The topological polar surface area (TPSA) is 58.1 Å². The molecule has 0 radical (unpaired) electrons. The van der Waals surface area contributed by atoms with Crippen molar-refractivity contribution < 1.29 is 4.79 Å². The molecule has 2 heterocycles. The van der Waals surface area contributed by atoms with Gasteiger partial charge in [0.1, 0.15) is 0 Å². The van der Waals surface area contributed by atoms with Crippen LogP contribution in [0.2, 0.25) is 0 Å². The van der Waals surface area contributed by atoms with Crippen LogP contribution in [-0.2, 0) is 0 Å². The summed E-state index contributed by atoms with van der Waals surface area (Å²) in [6.07, 6.45) is 3.75. The third-order valence-corrected chi connectivity index (χ3v) is 4.65. The Kier molecular flexibility index (Phi) is 5.64. The fourth-order valence-corrected chi connectivity index (χ4v) is 3.52. The average molecular weight is 294 g/mol. The highest BCUT2D eigenvalue weighted by Gasteiger charge is 2.19. The van der Waals surface area contributed by atoms with Gasteiger partial charge >= 0.3 is 0 Å². The molecular formula is C14H22N4OS. The Morgan fingerprint density at radius 1 is 1.45 bits per heavy atom. The summed E-state index contributed by atoms with van der Waals surface area (Å²) in [7, 11) is 1.60. The molecule has 1 amide bonds. The van der Waals surface area contributed by atoms with E-state index in [0.29, 0.717) is 10.9 Å². The third kappa shape index (κ3) is 3.85. The first kappa shape index (κ1) is 15.1. The number of thioether (sulfide) groups is 1. The number of amides is 1. The molecule has 1 atom stereocenters. The molecule has 1 fully saturated rings. The van der Waals surface area contributed by atoms with Crippen molar-refractivity contribution in [3.63, 3.8) is 0 Å². The van der Waals surface area contributed by atoms with E-state index in [9.17, 15) is 4.79 Å². The van der Waals surface area contributed by atoms with Crippen molar-refractivity contribution in [1.29, 1.82) is 0 Å². The molecule has 0 saturated carbocycles. The van der Waals surface area contributed by atoms with Gasteiger partial charge in [0, 0.05) is 25.4 Å². The van der Waals surface area contributed by atoms with Crippen molar-refractivity contribution in [2.24, 2.45) is 0 Å². The molecule has 110 valence electrons. The number of nitrogens with one attached hydrogen (secondary N) is 1. The van der Waals surface area contributed by atoms with E-state index in [1.54, 1.807) is 13.1 Å². The van der Waals surface area contributed by atoms with Gasteiger partial charge in [-0.05, 0) is 30.7 Å². The summed E-state index contributed by atoms with van der Waals surface area (Å²) < 4.78 is 0. The van der Waals surface area contributed by atoms with Crippen LogP contribution in [0.3, 0.4) is 0 Å². The van der Waals surface area contributed by atoms with Crippen LogP contribution >= 0.6 is 11.8 Å². The minimum Gasteiger partial charge on any atom is -0.354 e. The zero-order valence-corrected chi connectivity index (χ0v) is 12.9. The highest BCUT2D eigenvalue weighted by Crippen LogP contribution is 2.24. The van der Waals surface area contributed by atoms with Crippen molar-refractivity contribution in [2.45, 2.75) is 31.4 Å². The van der Waals surface area contributed by atoms with Gasteiger partial charge < -0.3 is 10.2 Å².